The van der Waals surface area contributed by atoms with E-state index in [2.05, 4.69) is 15.1 Å². The zero-order chi connectivity index (χ0) is 22.5. The van der Waals surface area contributed by atoms with Gasteiger partial charge in [-0.1, -0.05) is 17.8 Å². The van der Waals surface area contributed by atoms with Crippen LogP contribution in [0, 0.1) is 17.5 Å². The third-order valence-corrected chi connectivity index (χ3v) is 5.62. The molecule has 0 bridgehead atoms. The van der Waals surface area contributed by atoms with Gasteiger partial charge in [0.25, 0.3) is 0 Å². The summed E-state index contributed by atoms with van der Waals surface area (Å²) in [5, 5.41) is 34.6. The van der Waals surface area contributed by atoms with E-state index in [-0.39, 0.29) is 11.3 Å². The van der Waals surface area contributed by atoms with Gasteiger partial charge in [0.1, 0.15) is 35.5 Å². The number of aromatic nitrogens is 1. The average Bonchev–Trinajstić information content (AvgIpc) is 2.77. The third kappa shape index (κ3) is 5.22. The molecule has 1 aliphatic heterocycles. The number of nitrogens with zero attached hydrogens (tertiary/aromatic N) is 3. The molecular formula is C19H19F3N4O4S. The highest BCUT2D eigenvalue weighted by molar-refractivity contribution is 7.99. The van der Waals surface area contributed by atoms with Gasteiger partial charge in [-0.25, -0.2) is 18.2 Å². The first-order valence-electron chi connectivity index (χ1n) is 9.01. The fourth-order valence-electron chi connectivity index (χ4n) is 2.92. The highest BCUT2D eigenvalue weighted by atomic mass is 32.2. The van der Waals surface area contributed by atoms with Crippen molar-refractivity contribution in [1.82, 2.24) is 4.98 Å². The van der Waals surface area contributed by atoms with Crippen molar-refractivity contribution in [3.05, 3.63) is 59.5 Å². The van der Waals surface area contributed by atoms with Gasteiger partial charge in [0.2, 0.25) is 0 Å². The van der Waals surface area contributed by atoms with Crippen molar-refractivity contribution in [3.8, 4) is 0 Å². The maximum absolute atomic E-state index is 13.5. The van der Waals surface area contributed by atoms with Gasteiger partial charge in [0.15, 0.2) is 17.5 Å². The molecule has 0 amide bonds. The van der Waals surface area contributed by atoms with Crippen LogP contribution < -0.4 is 5.84 Å². The lowest BCUT2D eigenvalue weighted by Crippen LogP contribution is -2.56. The highest BCUT2D eigenvalue weighted by Crippen LogP contribution is 2.33. The Balaban J connectivity index is 1.85. The second-order valence-corrected chi connectivity index (χ2v) is 7.65. The standard InChI is InChI=1S/C19H19F3N4O4S/c20-10-5-9(6-11(21)15(10)22)12(26-23)7-25-16-17(28)13(8-27)30-19(18(16)29)31-14-3-1-2-4-24-14/h1-7,13,16-19,27-29H,8,23H2/t13?,16?,17-,18?,19+/m0/s1. The molecule has 5 atom stereocenters. The Labute approximate surface area is 179 Å². The van der Waals surface area contributed by atoms with E-state index in [0.717, 1.165) is 18.0 Å². The lowest BCUT2D eigenvalue weighted by Gasteiger charge is -2.40. The van der Waals surface area contributed by atoms with Crippen LogP contribution in [0.1, 0.15) is 5.56 Å². The Bertz CT molecular complexity index is 943. The number of nitrogens with two attached hydrogens (primary N) is 1. The first-order valence-corrected chi connectivity index (χ1v) is 9.89. The van der Waals surface area contributed by atoms with E-state index in [1.807, 2.05) is 0 Å². The molecule has 0 saturated carbocycles. The molecule has 3 unspecified atom stereocenters. The second-order valence-electron chi connectivity index (χ2n) is 6.53. The van der Waals surface area contributed by atoms with Gasteiger partial charge in [0.05, 0.1) is 11.6 Å². The number of aliphatic hydroxyl groups excluding tert-OH is 3. The predicted molar refractivity (Wildman–Crippen MR) is 107 cm³/mol. The van der Waals surface area contributed by atoms with Crippen molar-refractivity contribution in [2.75, 3.05) is 6.61 Å². The number of halogens is 3. The van der Waals surface area contributed by atoms with Gasteiger partial charge >= 0.3 is 0 Å². The number of hydrogen-bond acceptors (Lipinski definition) is 9. The van der Waals surface area contributed by atoms with Crippen LogP contribution >= 0.6 is 11.8 Å². The number of aliphatic hydroxyl groups is 3. The number of pyridine rings is 1. The summed E-state index contributed by atoms with van der Waals surface area (Å²) in [6, 6.07) is 5.31. The molecule has 1 aliphatic rings. The highest BCUT2D eigenvalue weighted by Gasteiger charge is 2.44. The Morgan fingerprint density at radius 1 is 1.19 bits per heavy atom. The molecule has 1 aromatic carbocycles. The van der Waals surface area contributed by atoms with Crippen LogP contribution in [0.4, 0.5) is 13.2 Å². The SMILES string of the molecule is NN=C(C=NC1C(O)[C@@H](Sc2ccccn2)OC(CO)[C@@H]1O)c1cc(F)c(F)c(F)c1. The summed E-state index contributed by atoms with van der Waals surface area (Å²) >= 11 is 1.06. The minimum Gasteiger partial charge on any atom is -0.394 e. The van der Waals surface area contributed by atoms with Gasteiger partial charge in [0, 0.05) is 18.0 Å². The summed E-state index contributed by atoms with van der Waals surface area (Å²) in [6.07, 6.45) is -1.27. The van der Waals surface area contributed by atoms with Crippen molar-refractivity contribution in [1.29, 1.82) is 0 Å². The zero-order valence-electron chi connectivity index (χ0n) is 15.8. The van der Waals surface area contributed by atoms with Crippen molar-refractivity contribution < 1.29 is 33.2 Å². The lowest BCUT2D eigenvalue weighted by atomic mass is 9.98. The van der Waals surface area contributed by atoms with E-state index < -0.39 is 53.8 Å². The van der Waals surface area contributed by atoms with E-state index in [9.17, 15) is 28.5 Å². The Hall–Kier alpha value is -2.51. The van der Waals surface area contributed by atoms with E-state index in [4.69, 9.17) is 10.6 Å². The molecule has 1 fully saturated rings. The summed E-state index contributed by atoms with van der Waals surface area (Å²) in [5.41, 5.74) is -1.36. The van der Waals surface area contributed by atoms with Crippen LogP contribution in [0.5, 0.6) is 0 Å². The van der Waals surface area contributed by atoms with Crippen LogP contribution in [-0.4, -0.2) is 68.6 Å². The molecule has 31 heavy (non-hydrogen) atoms. The maximum atomic E-state index is 13.5. The van der Waals surface area contributed by atoms with Gasteiger partial charge < -0.3 is 25.9 Å². The smallest absolute Gasteiger partial charge is 0.194 e. The van der Waals surface area contributed by atoms with Crippen LogP contribution in [0.15, 0.2) is 51.6 Å². The topological polar surface area (TPSA) is 134 Å². The third-order valence-electron chi connectivity index (χ3n) is 4.51. The van der Waals surface area contributed by atoms with E-state index in [0.29, 0.717) is 17.2 Å². The molecule has 0 spiro atoms. The quantitative estimate of drug-likeness (QED) is 0.219. The average molecular weight is 456 g/mol. The molecule has 12 heteroatoms. The van der Waals surface area contributed by atoms with E-state index in [1.165, 1.54) is 0 Å². The predicted octanol–water partition coefficient (Wildman–Crippen LogP) is 0.832. The minimum atomic E-state index is -1.65. The van der Waals surface area contributed by atoms with Crippen LogP contribution in [0.3, 0.4) is 0 Å². The fraction of sp³-hybridized carbons (Fsp3) is 0.316. The van der Waals surface area contributed by atoms with Crippen molar-refractivity contribution in [2.45, 2.75) is 34.8 Å². The number of rotatable bonds is 6. The zero-order valence-corrected chi connectivity index (χ0v) is 16.7. The molecule has 8 nitrogen and oxygen atoms in total. The largest absolute Gasteiger partial charge is 0.394 e. The summed E-state index contributed by atoms with van der Waals surface area (Å²) in [7, 11) is 0. The molecule has 3 rings (SSSR count). The van der Waals surface area contributed by atoms with E-state index >= 15 is 0 Å². The second kappa shape index (κ2) is 10.2. The molecule has 2 aromatic rings. The van der Waals surface area contributed by atoms with Crippen molar-refractivity contribution in [3.63, 3.8) is 0 Å². The Kier molecular flexibility index (Phi) is 7.62. The molecule has 1 saturated heterocycles. The van der Waals surface area contributed by atoms with Gasteiger partial charge in [-0.2, -0.15) is 5.10 Å². The van der Waals surface area contributed by atoms with Crippen molar-refractivity contribution >= 4 is 23.7 Å². The fourth-order valence-corrected chi connectivity index (χ4v) is 3.93. The van der Waals surface area contributed by atoms with Crippen LogP contribution in [0.25, 0.3) is 0 Å². The molecular weight excluding hydrogens is 437 g/mol. The Morgan fingerprint density at radius 2 is 1.90 bits per heavy atom. The summed E-state index contributed by atoms with van der Waals surface area (Å²) < 4.78 is 45.8. The number of hydrazone groups is 1. The first kappa shape index (κ1) is 23.2. The summed E-state index contributed by atoms with van der Waals surface area (Å²) in [4.78, 5) is 8.19. The van der Waals surface area contributed by atoms with Crippen molar-refractivity contribution in [2.24, 2.45) is 15.9 Å². The molecule has 2 heterocycles. The number of ether oxygens (including phenoxy) is 1. The van der Waals surface area contributed by atoms with Gasteiger partial charge in [-0.3, -0.25) is 4.99 Å². The Morgan fingerprint density at radius 3 is 2.48 bits per heavy atom. The normalized spacial score (nSPS) is 27.0. The molecule has 0 radical (unpaired) electrons. The number of benzene rings is 1. The minimum absolute atomic E-state index is 0.197. The summed E-state index contributed by atoms with van der Waals surface area (Å²) in [6.45, 7) is -0.550. The first-order chi connectivity index (χ1) is 14.8. The monoisotopic (exact) mass is 456 g/mol. The van der Waals surface area contributed by atoms with Gasteiger partial charge in [-0.15, -0.1) is 0 Å². The number of hydrogen-bond donors (Lipinski definition) is 4. The van der Waals surface area contributed by atoms with E-state index in [1.54, 1.807) is 24.4 Å². The summed E-state index contributed by atoms with van der Waals surface area (Å²) in [5.74, 6) is 0.737. The van der Waals surface area contributed by atoms with Gasteiger partial charge in [-0.05, 0) is 24.3 Å². The van der Waals surface area contributed by atoms with Crippen LogP contribution in [-0.2, 0) is 4.74 Å². The molecule has 1 aromatic heterocycles. The lowest BCUT2D eigenvalue weighted by molar-refractivity contribution is -0.159. The number of thioether (sulfide) groups is 1. The molecule has 0 aliphatic carbocycles. The maximum Gasteiger partial charge on any atom is 0.194 e. The molecule has 5 N–H and O–H groups in total. The van der Waals surface area contributed by atoms with Crippen LogP contribution in [0.2, 0.25) is 0 Å². The molecule has 166 valence electrons. The number of aliphatic imine (C=N–C) groups is 1.